The molecule has 3 nitrogen and oxygen atoms in total. The second-order valence-corrected chi connectivity index (χ2v) is 5.16. The molecule has 1 aromatic carbocycles. The van der Waals surface area contributed by atoms with Crippen LogP contribution in [0.25, 0.3) is 0 Å². The zero-order valence-electron chi connectivity index (χ0n) is 11.3. The fourth-order valence-corrected chi connectivity index (χ4v) is 2.34. The van der Waals surface area contributed by atoms with E-state index in [-0.39, 0.29) is 6.04 Å². The summed E-state index contributed by atoms with van der Waals surface area (Å²) < 4.78 is 5.32. The third-order valence-corrected chi connectivity index (χ3v) is 3.65. The van der Waals surface area contributed by atoms with Gasteiger partial charge in [-0.05, 0) is 37.7 Å². The Balaban J connectivity index is 2.13. The largest absolute Gasteiger partial charge is 0.469 e. The molecule has 0 spiro atoms. The molecule has 4 heteroatoms. The van der Waals surface area contributed by atoms with E-state index in [1.807, 2.05) is 37.3 Å². The van der Waals surface area contributed by atoms with Crippen LogP contribution in [0.2, 0.25) is 5.02 Å². The maximum absolute atomic E-state index is 5.92. The SMILES string of the molecule is Cc1occc1CN(C)C(CN)c1ccc(Cl)cc1. The minimum atomic E-state index is 0.173. The summed E-state index contributed by atoms with van der Waals surface area (Å²) in [5, 5.41) is 0.743. The minimum absolute atomic E-state index is 0.173. The molecule has 1 atom stereocenters. The number of nitrogens with zero attached hydrogens (tertiary/aromatic N) is 1. The summed E-state index contributed by atoms with van der Waals surface area (Å²) in [5.74, 6) is 0.957. The zero-order valence-corrected chi connectivity index (χ0v) is 12.0. The summed E-state index contributed by atoms with van der Waals surface area (Å²) in [5.41, 5.74) is 8.28. The van der Waals surface area contributed by atoms with Gasteiger partial charge in [0.2, 0.25) is 0 Å². The van der Waals surface area contributed by atoms with Crippen molar-refractivity contribution in [3.8, 4) is 0 Å². The number of benzene rings is 1. The number of likely N-dealkylation sites (N-methyl/N-ethyl adjacent to an activating group) is 1. The van der Waals surface area contributed by atoms with E-state index >= 15 is 0 Å². The Morgan fingerprint density at radius 3 is 2.47 bits per heavy atom. The van der Waals surface area contributed by atoms with Crippen LogP contribution in [0.1, 0.15) is 22.9 Å². The van der Waals surface area contributed by atoms with Gasteiger partial charge >= 0.3 is 0 Å². The molecule has 102 valence electrons. The van der Waals surface area contributed by atoms with Gasteiger partial charge in [0, 0.05) is 29.7 Å². The van der Waals surface area contributed by atoms with Crippen molar-refractivity contribution >= 4 is 11.6 Å². The molecule has 2 aromatic rings. The third-order valence-electron chi connectivity index (χ3n) is 3.40. The zero-order chi connectivity index (χ0) is 13.8. The van der Waals surface area contributed by atoms with Gasteiger partial charge in [-0.2, -0.15) is 0 Å². The molecule has 2 N–H and O–H groups in total. The molecule has 2 rings (SSSR count). The van der Waals surface area contributed by atoms with Crippen LogP contribution in [0.5, 0.6) is 0 Å². The Labute approximate surface area is 119 Å². The van der Waals surface area contributed by atoms with E-state index in [4.69, 9.17) is 21.8 Å². The van der Waals surface area contributed by atoms with Crippen LogP contribution in [0.3, 0.4) is 0 Å². The first-order valence-corrected chi connectivity index (χ1v) is 6.68. The second-order valence-electron chi connectivity index (χ2n) is 4.72. The first kappa shape index (κ1) is 14.1. The van der Waals surface area contributed by atoms with E-state index in [9.17, 15) is 0 Å². The molecule has 0 aliphatic rings. The van der Waals surface area contributed by atoms with Crippen LogP contribution in [0, 0.1) is 6.92 Å². The lowest BCUT2D eigenvalue weighted by Gasteiger charge is -2.27. The topological polar surface area (TPSA) is 42.4 Å². The molecule has 0 radical (unpaired) electrons. The van der Waals surface area contributed by atoms with Crippen LogP contribution >= 0.6 is 11.6 Å². The van der Waals surface area contributed by atoms with Crippen LogP contribution < -0.4 is 5.73 Å². The number of hydrogen-bond donors (Lipinski definition) is 1. The van der Waals surface area contributed by atoms with Gasteiger partial charge in [0.25, 0.3) is 0 Å². The first-order valence-electron chi connectivity index (χ1n) is 6.30. The Morgan fingerprint density at radius 2 is 1.95 bits per heavy atom. The van der Waals surface area contributed by atoms with Crippen molar-refractivity contribution in [1.82, 2.24) is 4.90 Å². The quantitative estimate of drug-likeness (QED) is 0.912. The predicted octanol–water partition coefficient (Wildman–Crippen LogP) is 3.37. The average molecular weight is 279 g/mol. The van der Waals surface area contributed by atoms with Crippen LogP contribution in [0.4, 0.5) is 0 Å². The number of furan rings is 1. The molecule has 0 amide bonds. The summed E-state index contributed by atoms with van der Waals surface area (Å²) >= 11 is 5.92. The number of halogens is 1. The Hall–Kier alpha value is -1.29. The minimum Gasteiger partial charge on any atom is -0.469 e. The highest BCUT2D eigenvalue weighted by Crippen LogP contribution is 2.23. The second kappa shape index (κ2) is 6.24. The molecule has 1 aromatic heterocycles. The van der Waals surface area contributed by atoms with Gasteiger partial charge in [0.1, 0.15) is 5.76 Å². The molecule has 0 saturated carbocycles. The summed E-state index contributed by atoms with van der Waals surface area (Å²) in [6.45, 7) is 3.35. The first-order chi connectivity index (χ1) is 9.11. The highest BCUT2D eigenvalue weighted by Gasteiger charge is 2.16. The smallest absolute Gasteiger partial charge is 0.105 e. The molecule has 0 saturated heterocycles. The van der Waals surface area contributed by atoms with Crippen LogP contribution in [-0.4, -0.2) is 18.5 Å². The number of aryl methyl sites for hydroxylation is 1. The molecule has 1 unspecified atom stereocenters. The number of rotatable bonds is 5. The number of nitrogens with two attached hydrogens (primary N) is 1. The van der Waals surface area contributed by atoms with Crippen molar-refractivity contribution in [3.63, 3.8) is 0 Å². The summed E-state index contributed by atoms with van der Waals surface area (Å²) in [4.78, 5) is 2.22. The maximum atomic E-state index is 5.92. The lowest BCUT2D eigenvalue weighted by molar-refractivity contribution is 0.240. The van der Waals surface area contributed by atoms with Crippen LogP contribution in [-0.2, 0) is 6.54 Å². The normalized spacial score (nSPS) is 12.9. The summed E-state index contributed by atoms with van der Waals surface area (Å²) in [6, 6.07) is 10.0. The van der Waals surface area contributed by atoms with Crippen molar-refractivity contribution in [2.24, 2.45) is 5.73 Å². The standard InChI is InChI=1S/C15H19ClN2O/c1-11-13(7-8-19-11)10-18(2)15(9-17)12-3-5-14(16)6-4-12/h3-8,15H,9-10,17H2,1-2H3. The Morgan fingerprint density at radius 1 is 1.26 bits per heavy atom. The van der Waals surface area contributed by atoms with Crippen molar-refractivity contribution in [1.29, 1.82) is 0 Å². The van der Waals surface area contributed by atoms with Gasteiger partial charge in [-0.3, -0.25) is 4.90 Å². The third kappa shape index (κ3) is 3.38. The van der Waals surface area contributed by atoms with E-state index in [1.54, 1.807) is 6.26 Å². The fourth-order valence-electron chi connectivity index (χ4n) is 2.21. The molecular weight excluding hydrogens is 260 g/mol. The van der Waals surface area contributed by atoms with Crippen molar-refractivity contribution in [2.75, 3.05) is 13.6 Å². The van der Waals surface area contributed by atoms with Gasteiger partial charge < -0.3 is 10.2 Å². The lowest BCUT2D eigenvalue weighted by Crippen LogP contribution is -2.30. The van der Waals surface area contributed by atoms with Gasteiger partial charge in [0.15, 0.2) is 0 Å². The van der Waals surface area contributed by atoms with E-state index < -0.39 is 0 Å². The maximum Gasteiger partial charge on any atom is 0.105 e. The Kier molecular flexibility index (Phi) is 4.64. The molecule has 1 heterocycles. The van der Waals surface area contributed by atoms with E-state index in [0.29, 0.717) is 6.54 Å². The van der Waals surface area contributed by atoms with Crippen molar-refractivity contribution < 1.29 is 4.42 Å². The number of hydrogen-bond acceptors (Lipinski definition) is 3. The lowest BCUT2D eigenvalue weighted by atomic mass is 10.1. The van der Waals surface area contributed by atoms with Gasteiger partial charge in [-0.25, -0.2) is 0 Å². The van der Waals surface area contributed by atoms with Gasteiger partial charge in [0.05, 0.1) is 6.26 Å². The molecular formula is C15H19ClN2O. The summed E-state index contributed by atoms with van der Waals surface area (Å²) in [6.07, 6.45) is 1.72. The monoisotopic (exact) mass is 278 g/mol. The highest BCUT2D eigenvalue weighted by atomic mass is 35.5. The molecule has 0 bridgehead atoms. The van der Waals surface area contributed by atoms with E-state index in [2.05, 4.69) is 11.9 Å². The van der Waals surface area contributed by atoms with E-state index in [1.165, 1.54) is 11.1 Å². The highest BCUT2D eigenvalue weighted by molar-refractivity contribution is 6.30. The fraction of sp³-hybridized carbons (Fsp3) is 0.333. The predicted molar refractivity (Wildman–Crippen MR) is 78.2 cm³/mol. The van der Waals surface area contributed by atoms with E-state index in [0.717, 1.165) is 17.3 Å². The van der Waals surface area contributed by atoms with Crippen LogP contribution in [0.15, 0.2) is 41.0 Å². The summed E-state index contributed by atoms with van der Waals surface area (Å²) in [7, 11) is 2.07. The molecule has 19 heavy (non-hydrogen) atoms. The van der Waals surface area contributed by atoms with Gasteiger partial charge in [-0.1, -0.05) is 23.7 Å². The van der Waals surface area contributed by atoms with Crippen molar-refractivity contribution in [2.45, 2.75) is 19.5 Å². The van der Waals surface area contributed by atoms with Crippen molar-refractivity contribution in [3.05, 3.63) is 58.5 Å². The average Bonchev–Trinajstić information content (AvgIpc) is 2.78. The Bertz CT molecular complexity index is 521. The molecule has 0 fully saturated rings. The van der Waals surface area contributed by atoms with Gasteiger partial charge in [-0.15, -0.1) is 0 Å². The molecule has 0 aliphatic heterocycles. The molecule has 0 aliphatic carbocycles.